The van der Waals surface area contributed by atoms with Crippen LogP contribution in [0.25, 0.3) is 22.3 Å². The summed E-state index contributed by atoms with van der Waals surface area (Å²) in [6.45, 7) is 11.5. The molecule has 2 aromatic carbocycles. The summed E-state index contributed by atoms with van der Waals surface area (Å²) >= 11 is 0. The van der Waals surface area contributed by atoms with Gasteiger partial charge < -0.3 is 60.1 Å². The SMILES string of the molecule is C=CCOC(=O)C[C@H](NC(=O)CCN1CC2(CCOCC2)c2nc(S(=O)(=O)C3CCCC3)ncc2C1=O)C(=O)N[C@H](C(=O)N[C@@H](C)C(=O)Nc1ccc(COC(=O)N[C@H]2CCc3c(C)c(F)cc4nc5c(c2c34)Cn2c-5cc3c(c2=O)COC(=O)[C@]3(O)CC)cc1)C(C)C. The lowest BCUT2D eigenvalue weighted by Gasteiger charge is -2.44. The zero-order valence-corrected chi connectivity index (χ0v) is 53.6. The Morgan fingerprint density at radius 2 is 1.66 bits per heavy atom. The van der Waals surface area contributed by atoms with Crippen LogP contribution in [0.4, 0.5) is 14.9 Å². The van der Waals surface area contributed by atoms with E-state index >= 15 is 4.39 Å². The number of carbonyl (C=O) groups excluding carboxylic acids is 8. The average molecular weight is 1320 g/mol. The maximum atomic E-state index is 15.5. The number of halogens is 1. The standard InChI is InChI=1S/C66H75FN10O16S/c1-7-23-91-51(79)28-48(71-50(78)19-22-76-33-65(20-24-90-25-21-65)56-41(60(76)83)29-68-63(75-56)94(88,89)39-11-9-10-12-39)58(81)74-54(34(3)4)59(82)69-36(6)57(80)70-38-15-13-37(14-16-38)31-93-64(86)73-46-18-17-40-35(5)45(67)27-47-52(40)53(46)42-30-77-49(55(42)72-47)26-44-43(61(77)84)32-92-62(85)66(44,87)8-2/h7,13-16,26-27,29,34,36,39,46,48,54,87H,1,8-12,17-25,28,30-33H2,2-6H3,(H,69,82)(H,70,80)(H,71,78)(H,73,86)(H,74,81)/t36-,46-,48-,54-,66-/m0/s1. The number of aromatic nitrogens is 4. The number of alkyl carbamates (subject to hydrolysis) is 1. The molecule has 6 amide bonds. The predicted molar refractivity (Wildman–Crippen MR) is 334 cm³/mol. The van der Waals surface area contributed by atoms with Gasteiger partial charge in [-0.2, -0.15) is 0 Å². The van der Waals surface area contributed by atoms with Crippen molar-refractivity contribution in [1.82, 2.24) is 45.7 Å². The molecule has 6 aliphatic rings. The van der Waals surface area contributed by atoms with Gasteiger partial charge in [0.25, 0.3) is 11.5 Å². The number of carbonyl (C=O) groups is 8. The van der Waals surface area contributed by atoms with Crippen molar-refractivity contribution in [3.63, 3.8) is 0 Å². The molecule has 11 rings (SSSR count). The number of esters is 2. The Labute approximate surface area is 540 Å². The molecule has 26 nitrogen and oxygen atoms in total. The Balaban J connectivity index is 0.696. The van der Waals surface area contributed by atoms with Crippen LogP contribution in [0.2, 0.25) is 0 Å². The average Bonchev–Trinajstić information content (AvgIpc) is 1.47. The number of rotatable bonds is 21. The van der Waals surface area contributed by atoms with E-state index in [2.05, 4.69) is 43.1 Å². The third kappa shape index (κ3) is 12.8. The van der Waals surface area contributed by atoms with Crippen molar-refractivity contribution in [2.24, 2.45) is 5.92 Å². The molecule has 0 radical (unpaired) electrons. The van der Waals surface area contributed by atoms with Crippen molar-refractivity contribution < 1.29 is 75.2 Å². The summed E-state index contributed by atoms with van der Waals surface area (Å²) in [6.07, 6.45) is 4.95. The molecule has 4 aliphatic heterocycles. The molecule has 2 fully saturated rings. The minimum Gasteiger partial charge on any atom is -0.461 e. The van der Waals surface area contributed by atoms with E-state index in [1.165, 1.54) is 34.7 Å². The van der Waals surface area contributed by atoms with Gasteiger partial charge in [-0.1, -0.05) is 58.4 Å². The highest BCUT2D eigenvalue weighted by atomic mass is 32.2. The zero-order chi connectivity index (χ0) is 67.1. The van der Waals surface area contributed by atoms with Gasteiger partial charge in [-0.15, -0.1) is 0 Å². The van der Waals surface area contributed by atoms with E-state index in [1.54, 1.807) is 58.0 Å². The van der Waals surface area contributed by atoms with Gasteiger partial charge in [-0.3, -0.25) is 33.6 Å². The molecule has 2 aliphatic carbocycles. The van der Waals surface area contributed by atoms with Crippen LogP contribution in [-0.2, 0) is 94.7 Å². The Morgan fingerprint density at radius 1 is 0.926 bits per heavy atom. The smallest absolute Gasteiger partial charge is 0.407 e. The first-order valence-electron chi connectivity index (χ1n) is 31.7. The molecule has 498 valence electrons. The largest absolute Gasteiger partial charge is 0.461 e. The topological polar surface area (TPSA) is 352 Å². The molecule has 1 spiro atoms. The lowest BCUT2D eigenvalue weighted by molar-refractivity contribution is -0.172. The van der Waals surface area contributed by atoms with E-state index in [0.717, 1.165) is 18.4 Å². The summed E-state index contributed by atoms with van der Waals surface area (Å²) in [5.41, 5.74) is 1.68. The number of benzene rings is 2. The monoisotopic (exact) mass is 1310 g/mol. The van der Waals surface area contributed by atoms with E-state index in [4.69, 9.17) is 23.9 Å². The maximum absolute atomic E-state index is 15.5. The highest BCUT2D eigenvalue weighted by Gasteiger charge is 2.49. The molecule has 0 unspecified atom stereocenters. The van der Waals surface area contributed by atoms with Crippen LogP contribution in [0.15, 0.2) is 65.2 Å². The molecule has 5 aromatic rings. The molecule has 1 saturated heterocycles. The van der Waals surface area contributed by atoms with Gasteiger partial charge in [0.1, 0.15) is 43.8 Å². The summed E-state index contributed by atoms with van der Waals surface area (Å²) < 4.78 is 65.9. The Hall–Kier alpha value is -9.02. The second kappa shape index (κ2) is 26.8. The van der Waals surface area contributed by atoms with E-state index in [-0.39, 0.29) is 74.1 Å². The van der Waals surface area contributed by atoms with Crippen LogP contribution in [-0.4, -0.2) is 142 Å². The molecule has 94 heavy (non-hydrogen) atoms. The quantitative estimate of drug-likeness (QED) is 0.0245. The number of ether oxygens (including phenoxy) is 4. The fourth-order valence-electron chi connectivity index (χ4n) is 13.6. The van der Waals surface area contributed by atoms with Crippen LogP contribution in [0.5, 0.6) is 0 Å². The summed E-state index contributed by atoms with van der Waals surface area (Å²) in [6, 6.07) is 4.59. The van der Waals surface area contributed by atoms with Crippen LogP contribution in [0.3, 0.4) is 0 Å². The van der Waals surface area contributed by atoms with Crippen molar-refractivity contribution in [3.05, 3.63) is 122 Å². The summed E-state index contributed by atoms with van der Waals surface area (Å²) in [5, 5.41) is 24.7. The number of fused-ring (bicyclic) bond motifs is 7. The highest BCUT2D eigenvalue weighted by molar-refractivity contribution is 7.91. The number of pyridine rings is 2. The number of hydrogen-bond donors (Lipinski definition) is 6. The first-order valence-corrected chi connectivity index (χ1v) is 33.2. The van der Waals surface area contributed by atoms with E-state index < -0.39 is 122 Å². The zero-order valence-electron chi connectivity index (χ0n) is 52.8. The lowest BCUT2D eigenvalue weighted by atomic mass is 9.73. The summed E-state index contributed by atoms with van der Waals surface area (Å²) in [5.74, 6) is -6.32. The third-order valence-electron chi connectivity index (χ3n) is 19.0. The van der Waals surface area contributed by atoms with Gasteiger partial charge >= 0.3 is 18.0 Å². The molecule has 3 aromatic heterocycles. The minimum atomic E-state index is -3.84. The summed E-state index contributed by atoms with van der Waals surface area (Å²) in [7, 11) is -3.84. The number of aliphatic hydroxyl groups is 1. The van der Waals surface area contributed by atoms with E-state index in [9.17, 15) is 56.7 Å². The number of hydrogen-bond acceptors (Lipinski definition) is 19. The second-order valence-electron chi connectivity index (χ2n) is 25.3. The molecule has 6 N–H and O–H groups in total. The number of amides is 6. The Bertz CT molecular complexity index is 4130. The van der Waals surface area contributed by atoms with Crippen LogP contribution in [0.1, 0.15) is 153 Å². The lowest BCUT2D eigenvalue weighted by Crippen LogP contribution is -2.58. The molecule has 0 bridgehead atoms. The number of anilines is 1. The number of nitrogens with zero attached hydrogens (tertiary/aromatic N) is 5. The van der Waals surface area contributed by atoms with Gasteiger partial charge in [-0.05, 0) is 105 Å². The fraction of sp³-hybridized carbons (Fsp3) is 0.485. The van der Waals surface area contributed by atoms with Gasteiger partial charge in [0.05, 0.1) is 58.0 Å². The first kappa shape index (κ1) is 66.4. The molecular weight excluding hydrogens is 1240 g/mol. The molecule has 28 heteroatoms. The van der Waals surface area contributed by atoms with Crippen molar-refractivity contribution in [3.8, 4) is 11.4 Å². The van der Waals surface area contributed by atoms with Crippen LogP contribution < -0.4 is 32.1 Å². The van der Waals surface area contributed by atoms with Crippen molar-refractivity contribution in [2.45, 2.75) is 171 Å². The highest BCUT2D eigenvalue weighted by Crippen LogP contribution is 2.47. The molecule has 1 saturated carbocycles. The predicted octanol–water partition coefficient (Wildman–Crippen LogP) is 4.73. The molecule has 7 heterocycles. The number of cyclic esters (lactones) is 1. The molecular formula is C66H75FN10O16S. The summed E-state index contributed by atoms with van der Waals surface area (Å²) in [4.78, 5) is 138. The Kier molecular flexibility index (Phi) is 18.9. The van der Waals surface area contributed by atoms with Crippen LogP contribution >= 0.6 is 0 Å². The van der Waals surface area contributed by atoms with Gasteiger partial charge in [-0.25, -0.2) is 37.3 Å². The van der Waals surface area contributed by atoms with Crippen molar-refractivity contribution in [1.29, 1.82) is 0 Å². The second-order valence-corrected chi connectivity index (χ2v) is 27.4. The molecule has 5 atom stereocenters. The Morgan fingerprint density at radius 3 is 2.36 bits per heavy atom. The normalized spacial score (nSPS) is 19.6. The van der Waals surface area contributed by atoms with Crippen molar-refractivity contribution in [2.75, 3.05) is 38.2 Å². The fourth-order valence-corrected chi connectivity index (χ4v) is 15.3. The number of aryl methyl sites for hydroxylation is 1. The number of sulfone groups is 1. The number of nitrogens with one attached hydrogen (secondary N) is 5. The van der Waals surface area contributed by atoms with Crippen LogP contribution in [0, 0.1) is 18.7 Å². The van der Waals surface area contributed by atoms with Gasteiger partial charge in [0.15, 0.2) is 5.60 Å². The third-order valence-corrected chi connectivity index (χ3v) is 21.0. The maximum Gasteiger partial charge on any atom is 0.407 e. The minimum absolute atomic E-state index is 0.0473. The van der Waals surface area contributed by atoms with E-state index in [1.807, 2.05) is 0 Å². The first-order chi connectivity index (χ1) is 44.9. The van der Waals surface area contributed by atoms with Gasteiger partial charge in [0, 0.05) is 72.6 Å². The van der Waals surface area contributed by atoms with E-state index in [0.29, 0.717) is 108 Å². The van der Waals surface area contributed by atoms with Gasteiger partial charge in [0.2, 0.25) is 38.6 Å². The van der Waals surface area contributed by atoms with Crippen molar-refractivity contribution >= 4 is 74.0 Å².